The van der Waals surface area contributed by atoms with Crippen LogP contribution in [0.3, 0.4) is 0 Å². The number of fused-ring (bicyclic) bond motifs is 1. The van der Waals surface area contributed by atoms with Crippen LogP contribution in [0.25, 0.3) is 22.2 Å². The highest BCUT2D eigenvalue weighted by Crippen LogP contribution is 2.30. The molecule has 0 aliphatic carbocycles. The number of carbonyl (C=O) groups is 2. The third kappa shape index (κ3) is 4.96. The molecule has 3 aromatic carbocycles. The Morgan fingerprint density at radius 1 is 0.970 bits per heavy atom. The van der Waals surface area contributed by atoms with Crippen molar-refractivity contribution in [2.45, 2.75) is 20.8 Å². The highest BCUT2D eigenvalue weighted by atomic mass is 79.9. The third-order valence-corrected chi connectivity index (χ3v) is 5.96. The van der Waals surface area contributed by atoms with Crippen LogP contribution in [-0.4, -0.2) is 23.5 Å². The lowest BCUT2D eigenvalue weighted by Crippen LogP contribution is -2.22. The number of carbonyl (C=O) groups excluding carboxylic acids is 2. The highest BCUT2D eigenvalue weighted by Gasteiger charge is 2.21. The first-order valence-electron chi connectivity index (χ1n) is 10.5. The summed E-state index contributed by atoms with van der Waals surface area (Å²) in [5.41, 5.74) is 6.19. The summed E-state index contributed by atoms with van der Waals surface area (Å²) in [6.07, 6.45) is 0. The molecule has 1 N–H and O–H groups in total. The average Bonchev–Trinajstić information content (AvgIpc) is 2.79. The molecule has 4 rings (SSSR count). The first-order chi connectivity index (χ1) is 15.8. The lowest BCUT2D eigenvalue weighted by molar-refractivity contribution is -0.119. The molecule has 0 aliphatic rings. The Hall–Kier alpha value is -3.51. The van der Waals surface area contributed by atoms with Gasteiger partial charge in [-0.1, -0.05) is 64.0 Å². The Bertz CT molecular complexity index is 1360. The number of aryl methyl sites for hydroxylation is 2. The van der Waals surface area contributed by atoms with E-state index in [1.165, 1.54) is 0 Å². The van der Waals surface area contributed by atoms with Crippen LogP contribution in [0, 0.1) is 20.8 Å². The van der Waals surface area contributed by atoms with Crippen molar-refractivity contribution in [1.29, 1.82) is 0 Å². The predicted molar refractivity (Wildman–Crippen MR) is 134 cm³/mol. The summed E-state index contributed by atoms with van der Waals surface area (Å²) in [4.78, 5) is 30.4. The van der Waals surface area contributed by atoms with Crippen LogP contribution in [0.5, 0.6) is 0 Å². The summed E-state index contributed by atoms with van der Waals surface area (Å²) >= 11 is 3.40. The minimum Gasteiger partial charge on any atom is -0.452 e. The number of hydrogen-bond acceptors (Lipinski definition) is 4. The number of benzene rings is 3. The zero-order valence-electron chi connectivity index (χ0n) is 18.6. The van der Waals surface area contributed by atoms with Crippen LogP contribution in [-0.2, 0) is 9.53 Å². The maximum atomic E-state index is 13.1. The fraction of sp³-hybridized carbons (Fsp3) is 0.148. The first kappa shape index (κ1) is 22.7. The summed E-state index contributed by atoms with van der Waals surface area (Å²) in [7, 11) is 0. The molecule has 4 aromatic rings. The lowest BCUT2D eigenvalue weighted by Gasteiger charge is -2.15. The number of hydrogen-bond donors (Lipinski definition) is 1. The van der Waals surface area contributed by atoms with E-state index in [-0.39, 0.29) is 6.61 Å². The molecule has 0 atom stereocenters. The molecule has 5 nitrogen and oxygen atoms in total. The molecule has 0 radical (unpaired) electrons. The van der Waals surface area contributed by atoms with E-state index in [0.29, 0.717) is 27.7 Å². The molecule has 0 unspecified atom stereocenters. The summed E-state index contributed by atoms with van der Waals surface area (Å²) < 4.78 is 6.36. The number of rotatable bonds is 5. The van der Waals surface area contributed by atoms with Gasteiger partial charge in [0.1, 0.15) is 0 Å². The minimum absolute atomic E-state index is 0.385. The van der Waals surface area contributed by atoms with Crippen molar-refractivity contribution < 1.29 is 14.3 Å². The second-order valence-electron chi connectivity index (χ2n) is 7.93. The molecule has 0 spiro atoms. The van der Waals surface area contributed by atoms with E-state index in [4.69, 9.17) is 9.72 Å². The van der Waals surface area contributed by atoms with Crippen LogP contribution in [0.2, 0.25) is 0 Å². The molecule has 0 fully saturated rings. The molecule has 1 aromatic heterocycles. The number of pyridine rings is 1. The summed E-state index contributed by atoms with van der Waals surface area (Å²) in [6.45, 7) is 5.39. The van der Waals surface area contributed by atoms with Gasteiger partial charge in [-0.3, -0.25) is 4.79 Å². The number of nitrogens with zero attached hydrogens (tertiary/aromatic N) is 1. The van der Waals surface area contributed by atoms with E-state index < -0.39 is 11.9 Å². The van der Waals surface area contributed by atoms with Crippen molar-refractivity contribution in [2.75, 3.05) is 11.9 Å². The van der Waals surface area contributed by atoms with Crippen LogP contribution in [0.15, 0.2) is 71.2 Å². The number of para-hydroxylation sites is 1. The van der Waals surface area contributed by atoms with Crippen molar-refractivity contribution in [3.8, 4) is 11.3 Å². The van der Waals surface area contributed by atoms with Crippen LogP contribution < -0.4 is 5.32 Å². The first-order valence-corrected chi connectivity index (χ1v) is 11.3. The molecule has 166 valence electrons. The molecule has 0 saturated heterocycles. The van der Waals surface area contributed by atoms with E-state index in [9.17, 15) is 9.59 Å². The molecule has 1 amide bonds. The van der Waals surface area contributed by atoms with Crippen molar-refractivity contribution >= 4 is 44.4 Å². The summed E-state index contributed by atoms with van der Waals surface area (Å²) in [6, 6.07) is 21.0. The number of ether oxygens (including phenoxy) is 1. The minimum atomic E-state index is -0.554. The number of amides is 1. The van der Waals surface area contributed by atoms with Gasteiger partial charge in [-0.25, -0.2) is 9.78 Å². The van der Waals surface area contributed by atoms with Crippen LogP contribution in [0.4, 0.5) is 5.69 Å². The molecule has 33 heavy (non-hydrogen) atoms. The summed E-state index contributed by atoms with van der Waals surface area (Å²) in [5, 5.41) is 3.48. The van der Waals surface area contributed by atoms with Crippen LogP contribution in [0.1, 0.15) is 27.0 Å². The quantitative estimate of drug-likeness (QED) is 0.321. The van der Waals surface area contributed by atoms with Crippen molar-refractivity contribution in [3.05, 3.63) is 93.5 Å². The largest absolute Gasteiger partial charge is 0.452 e. The second kappa shape index (κ2) is 9.55. The smallest absolute Gasteiger partial charge is 0.339 e. The van der Waals surface area contributed by atoms with E-state index in [1.54, 1.807) is 6.07 Å². The fourth-order valence-corrected chi connectivity index (χ4v) is 4.20. The topological polar surface area (TPSA) is 68.3 Å². The molecule has 0 bridgehead atoms. The van der Waals surface area contributed by atoms with E-state index in [1.807, 2.05) is 81.4 Å². The van der Waals surface area contributed by atoms with E-state index >= 15 is 0 Å². The van der Waals surface area contributed by atoms with Gasteiger partial charge in [-0.15, -0.1) is 0 Å². The SMILES string of the molecule is Cc1ccc(-c2nc3ccccc3c(C(=O)OCC(=O)Nc3ccc(Br)cc3C)c2C)cc1. The fourth-order valence-electron chi connectivity index (χ4n) is 3.72. The molecule has 0 aliphatic heterocycles. The van der Waals surface area contributed by atoms with Gasteiger partial charge in [0, 0.05) is 21.1 Å². The lowest BCUT2D eigenvalue weighted by atomic mass is 9.97. The number of nitrogens with one attached hydrogen (secondary N) is 1. The highest BCUT2D eigenvalue weighted by molar-refractivity contribution is 9.10. The van der Waals surface area contributed by atoms with Gasteiger partial charge < -0.3 is 10.1 Å². The van der Waals surface area contributed by atoms with Crippen molar-refractivity contribution in [3.63, 3.8) is 0 Å². The second-order valence-corrected chi connectivity index (χ2v) is 8.84. The molecule has 0 saturated carbocycles. The Kier molecular flexibility index (Phi) is 6.56. The zero-order chi connectivity index (χ0) is 23.5. The average molecular weight is 503 g/mol. The number of esters is 1. The van der Waals surface area contributed by atoms with Gasteiger partial charge in [-0.2, -0.15) is 0 Å². The van der Waals surface area contributed by atoms with Crippen molar-refractivity contribution in [2.24, 2.45) is 0 Å². The Balaban J connectivity index is 1.61. The van der Waals surface area contributed by atoms with E-state index in [2.05, 4.69) is 21.2 Å². The van der Waals surface area contributed by atoms with E-state index in [0.717, 1.165) is 26.9 Å². The summed E-state index contributed by atoms with van der Waals surface area (Å²) in [5.74, 6) is -0.953. The molecular weight excluding hydrogens is 480 g/mol. The maximum absolute atomic E-state index is 13.1. The van der Waals surface area contributed by atoms with Gasteiger partial charge >= 0.3 is 5.97 Å². The predicted octanol–water partition coefficient (Wildman–Crippen LogP) is 6.39. The molecular formula is C27H23BrN2O3. The van der Waals surface area contributed by atoms with Gasteiger partial charge in [0.15, 0.2) is 6.61 Å². The van der Waals surface area contributed by atoms with Crippen LogP contribution >= 0.6 is 15.9 Å². The third-order valence-electron chi connectivity index (χ3n) is 5.46. The number of aromatic nitrogens is 1. The van der Waals surface area contributed by atoms with Gasteiger partial charge in [-0.05, 0) is 56.2 Å². The Morgan fingerprint density at radius 2 is 1.70 bits per heavy atom. The zero-order valence-corrected chi connectivity index (χ0v) is 20.2. The normalized spacial score (nSPS) is 10.8. The van der Waals surface area contributed by atoms with Gasteiger partial charge in [0.25, 0.3) is 5.91 Å². The molecule has 6 heteroatoms. The van der Waals surface area contributed by atoms with Gasteiger partial charge in [0.2, 0.25) is 0 Å². The van der Waals surface area contributed by atoms with Gasteiger partial charge in [0.05, 0.1) is 16.8 Å². The van der Waals surface area contributed by atoms with Crippen molar-refractivity contribution in [1.82, 2.24) is 4.98 Å². The number of anilines is 1. The Morgan fingerprint density at radius 3 is 2.42 bits per heavy atom. The standard InChI is InChI=1S/C27H23BrN2O3/c1-16-8-10-19(11-9-16)26-18(3)25(21-6-4-5-7-23(21)30-26)27(32)33-15-24(31)29-22-13-12-20(28)14-17(22)2/h4-14H,15H2,1-3H3,(H,29,31). The number of halogens is 1. The monoisotopic (exact) mass is 502 g/mol. The Labute approximate surface area is 200 Å². The maximum Gasteiger partial charge on any atom is 0.339 e. The molecule has 1 heterocycles.